The van der Waals surface area contributed by atoms with Crippen LogP contribution in [-0.2, 0) is 13.6 Å². The second kappa shape index (κ2) is 7.65. The van der Waals surface area contributed by atoms with Crippen LogP contribution in [0.25, 0.3) is 0 Å². The first-order valence-corrected chi connectivity index (χ1v) is 7.64. The molecular formula is C15H28N4. The van der Waals surface area contributed by atoms with Gasteiger partial charge in [0.1, 0.15) is 5.82 Å². The molecule has 1 aromatic heterocycles. The van der Waals surface area contributed by atoms with E-state index in [1.807, 2.05) is 12.4 Å². The number of hydrogen-bond acceptors (Lipinski definition) is 3. The van der Waals surface area contributed by atoms with E-state index in [0.29, 0.717) is 0 Å². The van der Waals surface area contributed by atoms with E-state index in [1.165, 1.54) is 51.6 Å². The van der Waals surface area contributed by atoms with Crippen LogP contribution in [0.3, 0.4) is 0 Å². The molecular weight excluding hydrogens is 236 g/mol. The predicted molar refractivity (Wildman–Crippen MR) is 79.0 cm³/mol. The molecule has 0 saturated heterocycles. The van der Waals surface area contributed by atoms with Crippen LogP contribution in [0.15, 0.2) is 12.4 Å². The van der Waals surface area contributed by atoms with Crippen LogP contribution in [-0.4, -0.2) is 40.6 Å². The van der Waals surface area contributed by atoms with Gasteiger partial charge in [0.05, 0.1) is 6.54 Å². The maximum atomic E-state index is 4.36. The Balaban J connectivity index is 1.44. The largest absolute Gasteiger partial charge is 0.337 e. The number of aromatic nitrogens is 2. The summed E-state index contributed by atoms with van der Waals surface area (Å²) in [6, 6.07) is 0.865. The van der Waals surface area contributed by atoms with Gasteiger partial charge < -0.3 is 9.88 Å². The second-order valence-electron chi connectivity index (χ2n) is 5.83. The van der Waals surface area contributed by atoms with Crippen molar-refractivity contribution in [1.29, 1.82) is 0 Å². The fourth-order valence-corrected chi connectivity index (χ4v) is 2.32. The van der Waals surface area contributed by atoms with Crippen LogP contribution in [0.1, 0.15) is 44.3 Å². The topological polar surface area (TPSA) is 33.1 Å². The van der Waals surface area contributed by atoms with Gasteiger partial charge in [-0.05, 0) is 45.8 Å². The van der Waals surface area contributed by atoms with E-state index < -0.39 is 0 Å². The Hall–Kier alpha value is -0.870. The van der Waals surface area contributed by atoms with Gasteiger partial charge in [-0.25, -0.2) is 4.98 Å². The summed E-state index contributed by atoms with van der Waals surface area (Å²) in [5.41, 5.74) is 0. The number of unbranched alkanes of at least 4 members (excludes halogenated alkanes) is 3. The molecule has 0 bridgehead atoms. The molecule has 0 radical (unpaired) electrons. The fourth-order valence-electron chi connectivity index (χ4n) is 2.32. The molecule has 0 aromatic carbocycles. The molecule has 0 aliphatic heterocycles. The van der Waals surface area contributed by atoms with Crippen LogP contribution in [0.5, 0.6) is 0 Å². The normalized spacial score (nSPS) is 15.3. The van der Waals surface area contributed by atoms with Gasteiger partial charge in [-0.2, -0.15) is 0 Å². The minimum atomic E-state index is 0.865. The van der Waals surface area contributed by atoms with Crippen molar-refractivity contribution in [2.75, 3.05) is 20.1 Å². The van der Waals surface area contributed by atoms with Crippen LogP contribution in [0.4, 0.5) is 0 Å². The smallest absolute Gasteiger partial charge is 0.122 e. The summed E-state index contributed by atoms with van der Waals surface area (Å²) in [6.07, 6.45) is 12.0. The van der Waals surface area contributed by atoms with E-state index in [-0.39, 0.29) is 0 Å². The molecule has 4 heteroatoms. The van der Waals surface area contributed by atoms with E-state index >= 15 is 0 Å². The molecule has 1 heterocycles. The Labute approximate surface area is 117 Å². The van der Waals surface area contributed by atoms with E-state index in [1.54, 1.807) is 0 Å². The Morgan fingerprint density at radius 1 is 1.32 bits per heavy atom. The van der Waals surface area contributed by atoms with Crippen LogP contribution < -0.4 is 5.32 Å². The lowest BCUT2D eigenvalue weighted by atomic mass is 10.2. The van der Waals surface area contributed by atoms with Crippen molar-refractivity contribution in [2.24, 2.45) is 7.05 Å². The minimum Gasteiger partial charge on any atom is -0.337 e. The first kappa shape index (κ1) is 14.5. The van der Waals surface area contributed by atoms with Crippen LogP contribution in [0.2, 0.25) is 0 Å². The molecule has 2 rings (SSSR count). The average Bonchev–Trinajstić information content (AvgIpc) is 3.13. The monoisotopic (exact) mass is 264 g/mol. The van der Waals surface area contributed by atoms with Gasteiger partial charge in [-0.15, -0.1) is 0 Å². The summed E-state index contributed by atoms with van der Waals surface area (Å²) >= 11 is 0. The number of rotatable bonds is 10. The highest BCUT2D eigenvalue weighted by Crippen LogP contribution is 2.18. The third-order valence-electron chi connectivity index (χ3n) is 3.81. The Morgan fingerprint density at radius 3 is 2.79 bits per heavy atom. The van der Waals surface area contributed by atoms with Gasteiger partial charge in [0.2, 0.25) is 0 Å². The lowest BCUT2D eigenvalue weighted by molar-refractivity contribution is 0.305. The Bertz CT molecular complexity index is 357. The fraction of sp³-hybridized carbons (Fsp3) is 0.800. The number of aryl methyl sites for hydroxylation is 1. The molecule has 0 unspecified atom stereocenters. The average molecular weight is 264 g/mol. The van der Waals surface area contributed by atoms with Crippen molar-refractivity contribution < 1.29 is 0 Å². The van der Waals surface area contributed by atoms with Gasteiger partial charge in [0.15, 0.2) is 0 Å². The van der Waals surface area contributed by atoms with Crippen LogP contribution >= 0.6 is 0 Å². The van der Waals surface area contributed by atoms with E-state index in [4.69, 9.17) is 0 Å². The molecule has 0 spiro atoms. The van der Waals surface area contributed by atoms with Gasteiger partial charge in [0.25, 0.3) is 0 Å². The number of hydrogen-bond donors (Lipinski definition) is 1. The Morgan fingerprint density at radius 2 is 2.11 bits per heavy atom. The zero-order valence-corrected chi connectivity index (χ0v) is 12.4. The van der Waals surface area contributed by atoms with Gasteiger partial charge in [-0.3, -0.25) is 4.90 Å². The van der Waals surface area contributed by atoms with Gasteiger partial charge in [-0.1, -0.05) is 12.8 Å². The highest BCUT2D eigenvalue weighted by atomic mass is 15.1. The molecule has 1 N–H and O–H groups in total. The molecule has 1 aliphatic carbocycles. The quantitative estimate of drug-likeness (QED) is 0.657. The van der Waals surface area contributed by atoms with Gasteiger partial charge in [0, 0.05) is 25.5 Å². The van der Waals surface area contributed by atoms with Crippen molar-refractivity contribution in [3.05, 3.63) is 18.2 Å². The van der Waals surface area contributed by atoms with E-state index in [2.05, 4.69) is 33.9 Å². The van der Waals surface area contributed by atoms with Crippen molar-refractivity contribution in [3.8, 4) is 0 Å². The first-order chi connectivity index (χ1) is 9.25. The SMILES string of the molecule is CN(CCCCCCNC1CC1)Cc1nccn1C. The summed E-state index contributed by atoms with van der Waals surface area (Å²) in [5, 5.41) is 3.57. The highest BCUT2D eigenvalue weighted by Gasteiger charge is 2.19. The molecule has 0 atom stereocenters. The third kappa shape index (κ3) is 5.74. The lowest BCUT2D eigenvalue weighted by Crippen LogP contribution is -2.21. The minimum absolute atomic E-state index is 0.865. The maximum Gasteiger partial charge on any atom is 0.122 e. The van der Waals surface area contributed by atoms with Crippen molar-refractivity contribution >= 4 is 0 Å². The maximum absolute atomic E-state index is 4.36. The molecule has 1 fully saturated rings. The van der Waals surface area contributed by atoms with Crippen molar-refractivity contribution in [2.45, 2.75) is 51.1 Å². The molecule has 108 valence electrons. The standard InChI is InChI=1S/C15H28N4/c1-18(13-15-17-10-12-19(15)2)11-6-4-3-5-9-16-14-7-8-14/h10,12,14,16H,3-9,11,13H2,1-2H3. The number of imidazole rings is 1. The van der Waals surface area contributed by atoms with E-state index in [0.717, 1.165) is 18.4 Å². The number of nitrogens with zero attached hydrogens (tertiary/aromatic N) is 3. The molecule has 1 aliphatic rings. The molecule has 1 aromatic rings. The summed E-state index contributed by atoms with van der Waals surface area (Å²) in [6.45, 7) is 3.34. The first-order valence-electron chi connectivity index (χ1n) is 7.64. The zero-order valence-electron chi connectivity index (χ0n) is 12.4. The Kier molecular flexibility index (Phi) is 5.86. The molecule has 19 heavy (non-hydrogen) atoms. The third-order valence-corrected chi connectivity index (χ3v) is 3.81. The van der Waals surface area contributed by atoms with Crippen molar-refractivity contribution in [3.63, 3.8) is 0 Å². The molecule has 0 amide bonds. The lowest BCUT2D eigenvalue weighted by Gasteiger charge is -2.16. The summed E-state index contributed by atoms with van der Waals surface area (Å²) in [7, 11) is 4.24. The summed E-state index contributed by atoms with van der Waals surface area (Å²) in [5.74, 6) is 1.15. The summed E-state index contributed by atoms with van der Waals surface area (Å²) < 4.78 is 2.10. The molecule has 1 saturated carbocycles. The molecule has 4 nitrogen and oxygen atoms in total. The van der Waals surface area contributed by atoms with E-state index in [9.17, 15) is 0 Å². The van der Waals surface area contributed by atoms with Crippen molar-refractivity contribution in [1.82, 2.24) is 19.8 Å². The second-order valence-corrected chi connectivity index (χ2v) is 5.83. The zero-order chi connectivity index (χ0) is 13.5. The van der Waals surface area contributed by atoms with Gasteiger partial charge >= 0.3 is 0 Å². The highest BCUT2D eigenvalue weighted by molar-refractivity contribution is 4.90. The predicted octanol–water partition coefficient (Wildman–Crippen LogP) is 2.16. The summed E-state index contributed by atoms with van der Waals surface area (Å²) in [4.78, 5) is 6.73. The van der Waals surface area contributed by atoms with Crippen LogP contribution in [0, 0.1) is 0 Å². The number of nitrogens with one attached hydrogen (secondary N) is 1.